The molecule has 1 heterocycles. The average molecular weight is 346 g/mol. The van der Waals surface area contributed by atoms with E-state index < -0.39 is 5.97 Å². The second kappa shape index (κ2) is 6.69. The van der Waals surface area contributed by atoms with Crippen molar-refractivity contribution in [3.05, 3.63) is 64.8 Å². The highest BCUT2D eigenvalue weighted by Crippen LogP contribution is 2.28. The molecule has 3 nitrogen and oxygen atoms in total. The van der Waals surface area contributed by atoms with Crippen molar-refractivity contribution < 1.29 is 9.90 Å². The molecule has 23 heavy (non-hydrogen) atoms. The van der Waals surface area contributed by atoms with Crippen molar-refractivity contribution in [3.63, 3.8) is 0 Å². The number of rotatable bonds is 5. The van der Waals surface area contributed by atoms with Crippen LogP contribution in [-0.4, -0.2) is 21.9 Å². The minimum atomic E-state index is -0.839. The summed E-state index contributed by atoms with van der Waals surface area (Å²) in [7, 11) is 0. The number of halogens is 1. The predicted octanol–water partition coefficient (Wildman–Crippen LogP) is 4.69. The average Bonchev–Trinajstić information content (AvgIpc) is 2.84. The zero-order valence-electron chi connectivity index (χ0n) is 12.6. The van der Waals surface area contributed by atoms with Crippen LogP contribution in [0.4, 0.5) is 0 Å². The van der Waals surface area contributed by atoms with Crippen LogP contribution in [-0.2, 0) is 17.8 Å². The Morgan fingerprint density at radius 1 is 1.22 bits per heavy atom. The number of carbonyl (C=O) groups is 1. The van der Waals surface area contributed by atoms with Gasteiger partial charge in [0.1, 0.15) is 0 Å². The Kier molecular flexibility index (Phi) is 4.64. The molecular weight excluding hydrogens is 330 g/mol. The smallest absolute Gasteiger partial charge is 0.307 e. The highest BCUT2D eigenvalue weighted by Gasteiger charge is 2.13. The van der Waals surface area contributed by atoms with Gasteiger partial charge in [0.25, 0.3) is 0 Å². The Morgan fingerprint density at radius 3 is 2.74 bits per heavy atom. The number of hydrogen-bond acceptors (Lipinski definition) is 2. The summed E-state index contributed by atoms with van der Waals surface area (Å²) in [5, 5.41) is 10.7. The fourth-order valence-corrected chi connectivity index (χ4v) is 3.58. The second-order valence-corrected chi connectivity index (χ2v) is 6.61. The second-order valence-electron chi connectivity index (χ2n) is 5.33. The molecule has 0 amide bonds. The van der Waals surface area contributed by atoms with Crippen molar-refractivity contribution in [2.24, 2.45) is 0 Å². The molecule has 0 saturated heterocycles. The van der Waals surface area contributed by atoms with E-state index in [4.69, 9.17) is 16.7 Å². The fraction of sp³-hybridized carbons (Fsp3) is 0.167. The maximum atomic E-state index is 11.1. The van der Waals surface area contributed by atoms with Gasteiger partial charge in [-0.2, -0.15) is 0 Å². The number of nitrogens with zero attached hydrogens (tertiary/aromatic N) is 1. The molecule has 1 N–H and O–H groups in total. The Balaban J connectivity index is 2.08. The first-order valence-electron chi connectivity index (χ1n) is 7.19. The lowest BCUT2D eigenvalue weighted by atomic mass is 10.1. The van der Waals surface area contributed by atoms with Crippen LogP contribution in [0.2, 0.25) is 5.02 Å². The molecular formula is C18H16ClNO2S. The van der Waals surface area contributed by atoms with Crippen LogP contribution in [0.15, 0.2) is 53.6 Å². The van der Waals surface area contributed by atoms with Gasteiger partial charge in [0.05, 0.1) is 6.42 Å². The van der Waals surface area contributed by atoms with Gasteiger partial charge in [-0.05, 0) is 41.6 Å². The fourth-order valence-electron chi connectivity index (χ4n) is 2.79. The molecule has 0 fully saturated rings. The normalized spacial score (nSPS) is 11.0. The van der Waals surface area contributed by atoms with Gasteiger partial charge < -0.3 is 9.67 Å². The van der Waals surface area contributed by atoms with Gasteiger partial charge in [0.2, 0.25) is 0 Å². The Hall–Kier alpha value is -1.91. The van der Waals surface area contributed by atoms with E-state index in [0.29, 0.717) is 11.6 Å². The molecule has 118 valence electrons. The summed E-state index contributed by atoms with van der Waals surface area (Å²) in [6, 6.07) is 13.9. The van der Waals surface area contributed by atoms with Crippen molar-refractivity contribution in [3.8, 4) is 0 Å². The summed E-state index contributed by atoms with van der Waals surface area (Å²) < 4.78 is 2.10. The van der Waals surface area contributed by atoms with E-state index in [0.717, 1.165) is 16.5 Å². The van der Waals surface area contributed by atoms with Crippen molar-refractivity contribution >= 4 is 40.2 Å². The highest BCUT2D eigenvalue weighted by atomic mass is 35.5. The number of thioether (sulfide) groups is 1. The molecule has 0 aliphatic rings. The molecule has 0 bridgehead atoms. The lowest BCUT2D eigenvalue weighted by Crippen LogP contribution is -2.01. The van der Waals surface area contributed by atoms with Crippen molar-refractivity contribution in [1.29, 1.82) is 0 Å². The minimum Gasteiger partial charge on any atom is -0.481 e. The summed E-state index contributed by atoms with van der Waals surface area (Å²) in [6.07, 6.45) is 3.97. The van der Waals surface area contributed by atoms with Gasteiger partial charge in [0, 0.05) is 33.6 Å². The van der Waals surface area contributed by atoms with E-state index in [2.05, 4.69) is 23.0 Å². The summed E-state index contributed by atoms with van der Waals surface area (Å²) in [5.41, 5.74) is 3.01. The standard InChI is InChI=1S/C18H16ClNO2S/c1-23-17-5-3-2-4-12(17)10-20-11-13(8-18(21)22)15-9-14(19)6-7-16(15)20/h2-7,9,11H,8,10H2,1H3,(H,21,22). The van der Waals surface area contributed by atoms with E-state index in [1.165, 1.54) is 10.5 Å². The third-order valence-electron chi connectivity index (χ3n) is 3.80. The lowest BCUT2D eigenvalue weighted by Gasteiger charge is -2.09. The van der Waals surface area contributed by atoms with Crippen molar-refractivity contribution in [2.75, 3.05) is 6.26 Å². The minimum absolute atomic E-state index is 0.00594. The largest absolute Gasteiger partial charge is 0.481 e. The molecule has 3 aromatic rings. The first-order chi connectivity index (χ1) is 11.1. The zero-order chi connectivity index (χ0) is 16.4. The van der Waals surface area contributed by atoms with E-state index >= 15 is 0 Å². The van der Waals surface area contributed by atoms with Gasteiger partial charge in [-0.3, -0.25) is 4.79 Å². The third-order valence-corrected chi connectivity index (χ3v) is 4.87. The molecule has 1 aromatic heterocycles. The predicted molar refractivity (Wildman–Crippen MR) is 95.6 cm³/mol. The van der Waals surface area contributed by atoms with E-state index in [1.54, 1.807) is 11.8 Å². The Morgan fingerprint density at radius 2 is 2.00 bits per heavy atom. The molecule has 2 aromatic carbocycles. The van der Waals surface area contributed by atoms with E-state index in [-0.39, 0.29) is 6.42 Å². The number of aliphatic carboxylic acids is 1. The number of aromatic nitrogens is 1. The molecule has 3 rings (SSSR count). The third kappa shape index (κ3) is 3.38. The van der Waals surface area contributed by atoms with Crippen LogP contribution in [0.3, 0.4) is 0 Å². The molecule has 0 saturated carbocycles. The van der Waals surface area contributed by atoms with Crippen LogP contribution in [0.25, 0.3) is 10.9 Å². The molecule has 0 aliphatic carbocycles. The van der Waals surface area contributed by atoms with Crippen LogP contribution in [0, 0.1) is 0 Å². The van der Waals surface area contributed by atoms with Gasteiger partial charge >= 0.3 is 5.97 Å². The van der Waals surface area contributed by atoms with E-state index in [9.17, 15) is 4.79 Å². The molecule has 0 spiro atoms. The van der Waals surface area contributed by atoms with Crippen LogP contribution >= 0.6 is 23.4 Å². The Bertz CT molecular complexity index is 873. The maximum absolute atomic E-state index is 11.1. The molecule has 0 radical (unpaired) electrons. The quantitative estimate of drug-likeness (QED) is 0.682. The van der Waals surface area contributed by atoms with Gasteiger partial charge in [-0.1, -0.05) is 29.8 Å². The number of benzene rings is 2. The monoisotopic (exact) mass is 345 g/mol. The van der Waals surface area contributed by atoms with Gasteiger partial charge in [-0.15, -0.1) is 11.8 Å². The number of fused-ring (bicyclic) bond motifs is 1. The zero-order valence-corrected chi connectivity index (χ0v) is 14.2. The first-order valence-corrected chi connectivity index (χ1v) is 8.79. The van der Waals surface area contributed by atoms with Crippen LogP contribution in [0.1, 0.15) is 11.1 Å². The summed E-state index contributed by atoms with van der Waals surface area (Å²) in [5.74, 6) is -0.839. The molecule has 5 heteroatoms. The molecule has 0 aliphatic heterocycles. The van der Waals surface area contributed by atoms with Crippen LogP contribution in [0.5, 0.6) is 0 Å². The molecule has 0 unspecified atom stereocenters. The summed E-state index contributed by atoms with van der Waals surface area (Å²) in [6.45, 7) is 0.703. The van der Waals surface area contributed by atoms with Crippen molar-refractivity contribution in [2.45, 2.75) is 17.9 Å². The summed E-state index contributed by atoms with van der Waals surface area (Å²) >= 11 is 7.80. The van der Waals surface area contributed by atoms with Gasteiger partial charge in [0.15, 0.2) is 0 Å². The first kappa shape index (κ1) is 16.0. The highest BCUT2D eigenvalue weighted by molar-refractivity contribution is 7.98. The topological polar surface area (TPSA) is 42.2 Å². The SMILES string of the molecule is CSc1ccccc1Cn1cc(CC(=O)O)c2cc(Cl)ccc21. The van der Waals surface area contributed by atoms with E-state index in [1.807, 2.05) is 36.5 Å². The maximum Gasteiger partial charge on any atom is 0.307 e. The van der Waals surface area contributed by atoms with Crippen molar-refractivity contribution in [1.82, 2.24) is 4.57 Å². The number of carboxylic acids is 1. The van der Waals surface area contributed by atoms with Gasteiger partial charge in [-0.25, -0.2) is 0 Å². The van der Waals surface area contributed by atoms with Crippen LogP contribution < -0.4 is 0 Å². The number of hydrogen-bond donors (Lipinski definition) is 1. The Labute approximate surface area is 143 Å². The molecule has 0 atom stereocenters. The number of carboxylic acid groups (broad SMARTS) is 1. The lowest BCUT2D eigenvalue weighted by molar-refractivity contribution is -0.136. The summed E-state index contributed by atoms with van der Waals surface area (Å²) in [4.78, 5) is 12.3.